The first-order chi connectivity index (χ1) is 5.24. The number of pyridine rings is 1. The Bertz CT molecular complexity index is 254. The van der Waals surface area contributed by atoms with Gasteiger partial charge in [-0.1, -0.05) is 11.6 Å². The minimum Gasteiger partial charge on any atom is -0.492 e. The van der Waals surface area contributed by atoms with Crippen molar-refractivity contribution >= 4 is 11.6 Å². The number of hydrogen-bond acceptors (Lipinski definition) is 2. The van der Waals surface area contributed by atoms with Crippen molar-refractivity contribution in [2.45, 2.75) is 6.92 Å². The molecule has 11 heavy (non-hydrogen) atoms. The van der Waals surface area contributed by atoms with Crippen LogP contribution in [0.15, 0.2) is 12.3 Å². The lowest BCUT2D eigenvalue weighted by atomic mass is 10.4. The van der Waals surface area contributed by atoms with E-state index in [0.29, 0.717) is 12.4 Å². The molecule has 0 saturated heterocycles. The number of nitrogens with zero attached hydrogens (tertiary/aromatic N) is 1. The lowest BCUT2D eigenvalue weighted by molar-refractivity contribution is 0.337. The number of aromatic nitrogens is 1. The van der Waals surface area contributed by atoms with Gasteiger partial charge in [-0.3, -0.25) is 0 Å². The van der Waals surface area contributed by atoms with Gasteiger partial charge in [-0.25, -0.2) is 4.98 Å². The van der Waals surface area contributed by atoms with Gasteiger partial charge in [-0.15, -0.1) is 0 Å². The van der Waals surface area contributed by atoms with Crippen LogP contribution in [0.4, 0.5) is 4.39 Å². The molecule has 0 amide bonds. The summed E-state index contributed by atoms with van der Waals surface area (Å²) in [5, 5.41) is -0.0176. The van der Waals surface area contributed by atoms with Crippen LogP contribution in [0.25, 0.3) is 0 Å². The Hall–Kier alpha value is -0.830. The molecule has 0 atom stereocenters. The zero-order valence-electron chi connectivity index (χ0n) is 5.97. The summed E-state index contributed by atoms with van der Waals surface area (Å²) >= 11 is 5.43. The van der Waals surface area contributed by atoms with E-state index in [-0.39, 0.29) is 5.02 Å². The number of rotatable bonds is 2. The summed E-state index contributed by atoms with van der Waals surface area (Å²) in [4.78, 5) is 3.37. The molecule has 60 valence electrons. The first-order valence-electron chi connectivity index (χ1n) is 3.18. The molecule has 0 bridgehead atoms. The monoisotopic (exact) mass is 175 g/mol. The molecule has 0 radical (unpaired) electrons. The van der Waals surface area contributed by atoms with Crippen LogP contribution in [0.1, 0.15) is 6.92 Å². The van der Waals surface area contributed by atoms with Gasteiger partial charge < -0.3 is 4.74 Å². The van der Waals surface area contributed by atoms with E-state index in [9.17, 15) is 4.39 Å². The Kier molecular flexibility index (Phi) is 2.65. The maximum Gasteiger partial charge on any atom is 0.231 e. The van der Waals surface area contributed by atoms with Gasteiger partial charge in [0.05, 0.1) is 17.8 Å². The molecule has 0 aliphatic rings. The number of halogens is 2. The van der Waals surface area contributed by atoms with Gasteiger partial charge in [0.1, 0.15) is 5.75 Å². The minimum atomic E-state index is -0.671. The average Bonchev–Trinajstić information content (AvgIpc) is 1.98. The third kappa shape index (κ3) is 2.05. The average molecular weight is 176 g/mol. The van der Waals surface area contributed by atoms with Crippen LogP contribution in [0, 0.1) is 5.95 Å². The van der Waals surface area contributed by atoms with Crippen LogP contribution in [0.3, 0.4) is 0 Å². The highest BCUT2D eigenvalue weighted by Crippen LogP contribution is 2.18. The second kappa shape index (κ2) is 3.53. The lowest BCUT2D eigenvalue weighted by Gasteiger charge is -2.01. The van der Waals surface area contributed by atoms with Crippen molar-refractivity contribution in [3.63, 3.8) is 0 Å². The lowest BCUT2D eigenvalue weighted by Crippen LogP contribution is -1.93. The summed E-state index contributed by atoms with van der Waals surface area (Å²) in [6, 6.07) is 1.40. The van der Waals surface area contributed by atoms with E-state index in [2.05, 4.69) is 4.98 Å². The zero-order valence-corrected chi connectivity index (χ0v) is 6.73. The van der Waals surface area contributed by atoms with E-state index in [1.165, 1.54) is 12.3 Å². The normalized spacial score (nSPS) is 9.73. The van der Waals surface area contributed by atoms with Crippen molar-refractivity contribution in [3.8, 4) is 5.75 Å². The smallest absolute Gasteiger partial charge is 0.231 e. The van der Waals surface area contributed by atoms with E-state index in [1.807, 2.05) is 6.92 Å². The highest BCUT2D eigenvalue weighted by Gasteiger charge is 2.01. The Labute approximate surface area is 69.0 Å². The first-order valence-corrected chi connectivity index (χ1v) is 3.55. The van der Waals surface area contributed by atoms with Crippen LogP contribution in [-0.4, -0.2) is 11.6 Å². The molecular weight excluding hydrogens is 169 g/mol. The third-order valence-electron chi connectivity index (χ3n) is 1.08. The molecule has 0 saturated carbocycles. The summed E-state index contributed by atoms with van der Waals surface area (Å²) in [5.41, 5.74) is 0. The van der Waals surface area contributed by atoms with Crippen molar-refractivity contribution in [2.75, 3.05) is 6.61 Å². The molecule has 1 aromatic heterocycles. The Morgan fingerprint density at radius 2 is 2.45 bits per heavy atom. The Balaban J connectivity index is 2.86. The fraction of sp³-hybridized carbons (Fsp3) is 0.286. The zero-order chi connectivity index (χ0) is 8.27. The fourth-order valence-electron chi connectivity index (χ4n) is 0.649. The van der Waals surface area contributed by atoms with Gasteiger partial charge in [0.15, 0.2) is 0 Å². The summed E-state index contributed by atoms with van der Waals surface area (Å²) in [6.07, 6.45) is 1.30. The molecule has 0 aliphatic heterocycles. The van der Waals surface area contributed by atoms with Crippen molar-refractivity contribution < 1.29 is 9.13 Å². The van der Waals surface area contributed by atoms with E-state index in [1.54, 1.807) is 0 Å². The molecule has 4 heteroatoms. The molecule has 0 aromatic carbocycles. The topological polar surface area (TPSA) is 22.1 Å². The van der Waals surface area contributed by atoms with Gasteiger partial charge in [-0.2, -0.15) is 4.39 Å². The molecule has 0 N–H and O–H groups in total. The van der Waals surface area contributed by atoms with E-state index >= 15 is 0 Å². The molecule has 0 spiro atoms. The molecule has 0 aliphatic carbocycles. The van der Waals surface area contributed by atoms with E-state index in [4.69, 9.17) is 16.3 Å². The summed E-state index contributed by atoms with van der Waals surface area (Å²) in [7, 11) is 0. The van der Waals surface area contributed by atoms with Crippen LogP contribution >= 0.6 is 11.6 Å². The van der Waals surface area contributed by atoms with Gasteiger partial charge >= 0.3 is 0 Å². The fourth-order valence-corrected chi connectivity index (χ4v) is 0.806. The number of hydrogen-bond donors (Lipinski definition) is 0. The van der Waals surface area contributed by atoms with Crippen LogP contribution in [0.2, 0.25) is 5.02 Å². The van der Waals surface area contributed by atoms with Crippen LogP contribution < -0.4 is 4.74 Å². The van der Waals surface area contributed by atoms with Gasteiger partial charge in [0, 0.05) is 6.07 Å². The van der Waals surface area contributed by atoms with Crippen molar-refractivity contribution in [3.05, 3.63) is 23.2 Å². The highest BCUT2D eigenvalue weighted by atomic mass is 35.5. The molecule has 0 fully saturated rings. The predicted octanol–water partition coefficient (Wildman–Crippen LogP) is 2.27. The van der Waals surface area contributed by atoms with Crippen LogP contribution in [0.5, 0.6) is 5.75 Å². The second-order valence-electron chi connectivity index (χ2n) is 1.88. The van der Waals surface area contributed by atoms with Crippen molar-refractivity contribution in [1.29, 1.82) is 0 Å². The molecule has 2 nitrogen and oxygen atoms in total. The maximum absolute atomic E-state index is 12.4. The SMILES string of the molecule is CCOc1cnc(F)c(Cl)c1. The van der Waals surface area contributed by atoms with Gasteiger partial charge in [0.2, 0.25) is 5.95 Å². The summed E-state index contributed by atoms with van der Waals surface area (Å²) in [6.45, 7) is 2.35. The van der Waals surface area contributed by atoms with Gasteiger partial charge in [-0.05, 0) is 6.92 Å². The predicted molar refractivity (Wildman–Crippen MR) is 40.4 cm³/mol. The second-order valence-corrected chi connectivity index (χ2v) is 2.28. The summed E-state index contributed by atoms with van der Waals surface area (Å²) < 4.78 is 17.5. The molecule has 1 aromatic rings. The molecule has 0 unspecified atom stereocenters. The van der Waals surface area contributed by atoms with Crippen LogP contribution in [-0.2, 0) is 0 Å². The quantitative estimate of drug-likeness (QED) is 0.644. The Morgan fingerprint density at radius 1 is 1.73 bits per heavy atom. The highest BCUT2D eigenvalue weighted by molar-refractivity contribution is 6.30. The third-order valence-corrected chi connectivity index (χ3v) is 1.35. The maximum atomic E-state index is 12.4. The molecule has 1 heterocycles. The van der Waals surface area contributed by atoms with Crippen molar-refractivity contribution in [2.24, 2.45) is 0 Å². The largest absolute Gasteiger partial charge is 0.492 e. The number of ether oxygens (including phenoxy) is 1. The van der Waals surface area contributed by atoms with Crippen molar-refractivity contribution in [1.82, 2.24) is 4.98 Å². The van der Waals surface area contributed by atoms with E-state index < -0.39 is 5.95 Å². The first kappa shape index (κ1) is 8.27. The van der Waals surface area contributed by atoms with Gasteiger partial charge in [0.25, 0.3) is 0 Å². The van der Waals surface area contributed by atoms with E-state index in [0.717, 1.165) is 0 Å². The molecular formula is C7H7ClFNO. The standard InChI is InChI=1S/C7H7ClFNO/c1-2-11-5-3-6(8)7(9)10-4-5/h3-4H,2H2,1H3. The molecule has 1 rings (SSSR count). The minimum absolute atomic E-state index is 0.0176. The Morgan fingerprint density at radius 3 is 3.00 bits per heavy atom. The summed E-state index contributed by atoms with van der Waals surface area (Å²) in [5.74, 6) is -0.186.